The number of aryl methyl sites for hydroxylation is 2. The molecule has 1 aliphatic heterocycles. The van der Waals surface area contributed by atoms with Crippen LogP contribution in [0.5, 0.6) is 0 Å². The van der Waals surface area contributed by atoms with E-state index in [0.29, 0.717) is 19.5 Å². The number of thiazole rings is 1. The molecule has 0 spiro atoms. The smallest absolute Gasteiger partial charge is 0.242 e. The van der Waals surface area contributed by atoms with Crippen molar-refractivity contribution in [1.29, 1.82) is 0 Å². The summed E-state index contributed by atoms with van der Waals surface area (Å²) in [6.07, 6.45) is 2.92. The average Bonchev–Trinajstić information content (AvgIpc) is 2.75. The second kappa shape index (κ2) is 6.83. The molecule has 0 bridgehead atoms. The van der Waals surface area contributed by atoms with Crippen LogP contribution >= 0.6 is 11.3 Å². The summed E-state index contributed by atoms with van der Waals surface area (Å²) in [4.78, 5) is 30.0. The minimum atomic E-state index is -0.355. The van der Waals surface area contributed by atoms with Gasteiger partial charge in [0.05, 0.1) is 10.7 Å². The lowest BCUT2D eigenvalue weighted by Crippen LogP contribution is -2.45. The number of rotatable bonds is 4. The Morgan fingerprint density at radius 2 is 2.40 bits per heavy atom. The Hall–Kier alpha value is -1.43. The van der Waals surface area contributed by atoms with Gasteiger partial charge in [-0.3, -0.25) is 9.59 Å². The van der Waals surface area contributed by atoms with E-state index in [4.69, 9.17) is 0 Å². The average molecular weight is 295 g/mol. The third kappa shape index (κ3) is 3.79. The second-order valence-electron chi connectivity index (χ2n) is 5.12. The fourth-order valence-electron chi connectivity index (χ4n) is 2.37. The van der Waals surface area contributed by atoms with Crippen LogP contribution in [0.2, 0.25) is 0 Å². The number of nitrogens with one attached hydrogen (secondary N) is 1. The quantitative estimate of drug-likeness (QED) is 0.916. The Balaban J connectivity index is 1.82. The summed E-state index contributed by atoms with van der Waals surface area (Å²) in [5.74, 6) is 0.0208. The van der Waals surface area contributed by atoms with Crippen LogP contribution in [0.1, 0.15) is 36.9 Å². The van der Waals surface area contributed by atoms with Crippen LogP contribution in [-0.4, -0.2) is 40.8 Å². The number of aromatic nitrogens is 1. The molecule has 0 aromatic carbocycles. The first kappa shape index (κ1) is 15.0. The Morgan fingerprint density at radius 3 is 3.10 bits per heavy atom. The Bertz CT molecular complexity index is 487. The van der Waals surface area contributed by atoms with E-state index in [1.807, 2.05) is 12.3 Å². The fourth-order valence-corrected chi connectivity index (χ4v) is 3.02. The van der Waals surface area contributed by atoms with Gasteiger partial charge in [-0.1, -0.05) is 0 Å². The minimum Gasteiger partial charge on any atom is -0.354 e. The number of carbonyl (C=O) groups excluding carboxylic acids is 2. The number of hydrogen-bond donors (Lipinski definition) is 1. The van der Waals surface area contributed by atoms with Crippen LogP contribution in [0.4, 0.5) is 0 Å². The van der Waals surface area contributed by atoms with Crippen molar-refractivity contribution < 1.29 is 9.59 Å². The van der Waals surface area contributed by atoms with E-state index in [9.17, 15) is 9.59 Å². The molecule has 1 aromatic rings. The Labute approximate surface area is 123 Å². The van der Waals surface area contributed by atoms with Crippen molar-refractivity contribution in [3.8, 4) is 0 Å². The molecule has 0 radical (unpaired) electrons. The molecule has 1 fully saturated rings. The van der Waals surface area contributed by atoms with Gasteiger partial charge in [-0.15, -0.1) is 11.3 Å². The van der Waals surface area contributed by atoms with E-state index in [0.717, 1.165) is 30.0 Å². The van der Waals surface area contributed by atoms with Crippen molar-refractivity contribution in [3.63, 3.8) is 0 Å². The van der Waals surface area contributed by atoms with Gasteiger partial charge in [-0.25, -0.2) is 4.98 Å². The first-order chi connectivity index (χ1) is 9.58. The first-order valence-corrected chi connectivity index (χ1v) is 7.94. The summed E-state index contributed by atoms with van der Waals surface area (Å²) < 4.78 is 0. The van der Waals surface area contributed by atoms with Gasteiger partial charge in [0.2, 0.25) is 11.8 Å². The summed E-state index contributed by atoms with van der Waals surface area (Å²) >= 11 is 1.64. The van der Waals surface area contributed by atoms with Gasteiger partial charge in [0, 0.05) is 24.9 Å². The molecule has 1 aromatic heterocycles. The van der Waals surface area contributed by atoms with Crippen LogP contribution in [-0.2, 0) is 16.0 Å². The van der Waals surface area contributed by atoms with Crippen molar-refractivity contribution >= 4 is 23.2 Å². The van der Waals surface area contributed by atoms with Crippen LogP contribution < -0.4 is 5.32 Å². The minimum absolute atomic E-state index is 0.0500. The topological polar surface area (TPSA) is 62.3 Å². The summed E-state index contributed by atoms with van der Waals surface area (Å²) in [6.45, 7) is 5.10. The lowest BCUT2D eigenvalue weighted by Gasteiger charge is -2.25. The molecule has 1 aliphatic rings. The van der Waals surface area contributed by atoms with E-state index in [2.05, 4.69) is 10.3 Å². The molecule has 0 unspecified atom stereocenters. The maximum absolute atomic E-state index is 12.2. The lowest BCUT2D eigenvalue weighted by molar-refractivity contribution is -0.138. The zero-order chi connectivity index (χ0) is 14.5. The third-order valence-corrected chi connectivity index (χ3v) is 4.35. The number of carbonyl (C=O) groups is 2. The molecule has 1 N–H and O–H groups in total. The highest BCUT2D eigenvalue weighted by Crippen LogP contribution is 2.13. The number of hydrogen-bond acceptors (Lipinski definition) is 4. The summed E-state index contributed by atoms with van der Waals surface area (Å²) in [7, 11) is 0. The van der Waals surface area contributed by atoms with Gasteiger partial charge in [0.25, 0.3) is 0 Å². The summed E-state index contributed by atoms with van der Waals surface area (Å²) in [5.41, 5.74) is 1.06. The van der Waals surface area contributed by atoms with E-state index in [-0.39, 0.29) is 17.9 Å². The summed E-state index contributed by atoms with van der Waals surface area (Å²) in [6, 6.07) is -0.355. The van der Waals surface area contributed by atoms with Crippen LogP contribution in [0.15, 0.2) is 5.38 Å². The van der Waals surface area contributed by atoms with Gasteiger partial charge in [-0.2, -0.15) is 0 Å². The Morgan fingerprint density at radius 1 is 1.60 bits per heavy atom. The van der Waals surface area contributed by atoms with Crippen molar-refractivity contribution in [2.24, 2.45) is 0 Å². The third-order valence-electron chi connectivity index (χ3n) is 3.53. The van der Waals surface area contributed by atoms with Crippen LogP contribution in [0.25, 0.3) is 0 Å². The molecule has 2 amide bonds. The SMILES string of the molecule is Cc1nc(CCCC(=O)N2CCCNC(=O)[C@@H]2C)cs1. The van der Waals surface area contributed by atoms with Gasteiger partial charge < -0.3 is 10.2 Å². The van der Waals surface area contributed by atoms with Gasteiger partial charge in [0.15, 0.2) is 0 Å². The second-order valence-corrected chi connectivity index (χ2v) is 6.18. The highest BCUT2D eigenvalue weighted by Gasteiger charge is 2.27. The molecule has 0 saturated carbocycles. The first-order valence-electron chi connectivity index (χ1n) is 7.06. The monoisotopic (exact) mass is 295 g/mol. The van der Waals surface area contributed by atoms with E-state index in [1.54, 1.807) is 23.2 Å². The summed E-state index contributed by atoms with van der Waals surface area (Å²) in [5, 5.41) is 5.93. The molecule has 20 heavy (non-hydrogen) atoms. The number of amides is 2. The highest BCUT2D eigenvalue weighted by atomic mass is 32.1. The zero-order valence-electron chi connectivity index (χ0n) is 12.0. The fraction of sp³-hybridized carbons (Fsp3) is 0.643. The zero-order valence-corrected chi connectivity index (χ0v) is 12.8. The Kier molecular flexibility index (Phi) is 5.11. The van der Waals surface area contributed by atoms with Gasteiger partial charge >= 0.3 is 0 Å². The molecule has 1 saturated heterocycles. The molecule has 5 nitrogen and oxygen atoms in total. The molecule has 2 rings (SSSR count). The molecule has 0 aliphatic carbocycles. The largest absolute Gasteiger partial charge is 0.354 e. The maximum Gasteiger partial charge on any atom is 0.242 e. The van der Waals surface area contributed by atoms with E-state index in [1.165, 1.54) is 0 Å². The molecule has 2 heterocycles. The van der Waals surface area contributed by atoms with Crippen molar-refractivity contribution in [2.75, 3.05) is 13.1 Å². The molecule has 6 heteroatoms. The molecular formula is C14H21N3O2S. The molecule has 110 valence electrons. The van der Waals surface area contributed by atoms with Crippen molar-refractivity contribution in [2.45, 2.75) is 45.6 Å². The maximum atomic E-state index is 12.2. The number of nitrogens with zero attached hydrogens (tertiary/aromatic N) is 2. The van der Waals surface area contributed by atoms with Crippen molar-refractivity contribution in [1.82, 2.24) is 15.2 Å². The van der Waals surface area contributed by atoms with Gasteiger partial charge in [0.1, 0.15) is 6.04 Å². The van der Waals surface area contributed by atoms with Crippen LogP contribution in [0, 0.1) is 6.92 Å². The molecular weight excluding hydrogens is 274 g/mol. The van der Waals surface area contributed by atoms with Gasteiger partial charge in [-0.05, 0) is 33.1 Å². The van der Waals surface area contributed by atoms with E-state index < -0.39 is 0 Å². The van der Waals surface area contributed by atoms with E-state index >= 15 is 0 Å². The standard InChI is InChI=1S/C14H21N3O2S/c1-10-14(19)15-7-4-8-17(10)13(18)6-3-5-12-9-20-11(2)16-12/h9-10H,3-8H2,1-2H3,(H,15,19)/t10-/m0/s1. The van der Waals surface area contributed by atoms with Crippen LogP contribution in [0.3, 0.4) is 0 Å². The molecule has 1 atom stereocenters. The highest BCUT2D eigenvalue weighted by molar-refractivity contribution is 7.09. The lowest BCUT2D eigenvalue weighted by atomic mass is 10.1. The normalized spacial score (nSPS) is 19.6. The predicted octanol–water partition coefficient (Wildman–Crippen LogP) is 1.51. The van der Waals surface area contributed by atoms with Crippen molar-refractivity contribution in [3.05, 3.63) is 16.1 Å². The predicted molar refractivity (Wildman–Crippen MR) is 78.6 cm³/mol.